The quantitative estimate of drug-likeness (QED) is 0.323. The third kappa shape index (κ3) is 3.92. The largest absolute Gasteiger partial charge is 0.504 e. The minimum absolute atomic E-state index is 0.0248. The van der Waals surface area contributed by atoms with Crippen molar-refractivity contribution < 1.29 is 19.6 Å². The normalized spacial score (nSPS) is 30.2. The molecule has 9 heteroatoms. The number of phenols is 1. The third-order valence-electron chi connectivity index (χ3n) is 8.56. The Morgan fingerprint density at radius 1 is 1.20 bits per heavy atom. The van der Waals surface area contributed by atoms with Crippen LogP contribution >= 0.6 is 0 Å². The van der Waals surface area contributed by atoms with Gasteiger partial charge in [0.15, 0.2) is 11.5 Å². The Morgan fingerprint density at radius 3 is 2.66 bits per heavy atom. The van der Waals surface area contributed by atoms with Crippen molar-refractivity contribution in [3.05, 3.63) is 68.1 Å². The highest BCUT2D eigenvalue weighted by Crippen LogP contribution is 2.62. The summed E-state index contributed by atoms with van der Waals surface area (Å²) in [7, 11) is 1.54. The van der Waals surface area contributed by atoms with Crippen molar-refractivity contribution in [2.24, 2.45) is 27.6 Å². The molecule has 0 bridgehead atoms. The summed E-state index contributed by atoms with van der Waals surface area (Å²) in [5.74, 6) is 1.43. The van der Waals surface area contributed by atoms with Crippen molar-refractivity contribution in [3.63, 3.8) is 0 Å². The lowest BCUT2D eigenvalue weighted by atomic mass is 9.55. The minimum Gasteiger partial charge on any atom is -0.504 e. The Balaban J connectivity index is 1.46. The molecule has 2 saturated carbocycles. The van der Waals surface area contributed by atoms with Crippen LogP contribution in [0.15, 0.2) is 46.7 Å². The lowest BCUT2D eigenvalue weighted by Crippen LogP contribution is -2.44. The monoisotopic (exact) mass is 479 g/mol. The lowest BCUT2D eigenvalue weighted by Gasteiger charge is -2.49. The molecule has 5 atom stereocenters. The molecule has 0 amide bonds. The number of rotatable bonds is 6. The van der Waals surface area contributed by atoms with Crippen molar-refractivity contribution in [1.29, 1.82) is 0 Å². The van der Waals surface area contributed by atoms with E-state index in [-0.39, 0.29) is 35.4 Å². The molecule has 5 rings (SSSR count). The van der Waals surface area contributed by atoms with Gasteiger partial charge in [-0.1, -0.05) is 17.3 Å². The maximum absolute atomic E-state index is 11.6. The summed E-state index contributed by atoms with van der Waals surface area (Å²) in [5, 5.41) is 29.3. The van der Waals surface area contributed by atoms with E-state index >= 15 is 0 Å². The average Bonchev–Trinajstić information content (AvgIpc) is 3.20. The lowest BCUT2D eigenvalue weighted by molar-refractivity contribution is -0.384. The topological polar surface area (TPSA) is 124 Å². The van der Waals surface area contributed by atoms with Crippen molar-refractivity contribution in [2.75, 3.05) is 7.11 Å². The molecule has 2 aromatic rings. The molecule has 2 aromatic carbocycles. The molecule has 3 aliphatic carbocycles. The van der Waals surface area contributed by atoms with E-state index in [0.717, 1.165) is 48.1 Å². The molecule has 0 heterocycles. The van der Waals surface area contributed by atoms with Gasteiger partial charge in [0.2, 0.25) is 0 Å². The van der Waals surface area contributed by atoms with Gasteiger partial charge in [-0.05, 0) is 90.7 Å². The van der Waals surface area contributed by atoms with Gasteiger partial charge in [0.1, 0.15) is 6.61 Å². The Labute approximate surface area is 203 Å². The van der Waals surface area contributed by atoms with Crippen molar-refractivity contribution >= 4 is 11.4 Å². The molecule has 0 radical (unpaired) electrons. The van der Waals surface area contributed by atoms with E-state index in [4.69, 9.17) is 9.57 Å². The standard InChI is InChI=1S/C26H29N3O6/c1-26-10-9-17-18-13-24(34-2)23(30)12-20(18)22(11-19(17)21(26)7-8-25(26)27-31)28-35-14-15-3-5-16(6-4-15)29(32)33/h3-6,12-13,17,19,21,25,30H,7-11,14H2,1-2H3/t17?,19?,21?,25?,26-/m0/s1. The smallest absolute Gasteiger partial charge is 0.269 e. The van der Waals surface area contributed by atoms with Gasteiger partial charge in [0.05, 0.1) is 23.8 Å². The van der Waals surface area contributed by atoms with E-state index in [1.54, 1.807) is 25.3 Å². The molecular formula is C26H29N3O6. The van der Waals surface area contributed by atoms with Crippen LogP contribution in [0.2, 0.25) is 0 Å². The fraction of sp³-hybridized carbons (Fsp3) is 0.500. The number of oxime groups is 1. The van der Waals surface area contributed by atoms with Gasteiger partial charge in [0, 0.05) is 17.7 Å². The van der Waals surface area contributed by atoms with Crippen LogP contribution in [0.25, 0.3) is 0 Å². The zero-order chi connectivity index (χ0) is 24.7. The molecule has 0 aliphatic heterocycles. The average molecular weight is 480 g/mol. The van der Waals surface area contributed by atoms with Gasteiger partial charge < -0.3 is 14.7 Å². The summed E-state index contributed by atoms with van der Waals surface area (Å²) >= 11 is 0. The van der Waals surface area contributed by atoms with Gasteiger partial charge in [-0.3, -0.25) is 10.1 Å². The first-order chi connectivity index (χ1) is 16.9. The number of hydrogen-bond acceptors (Lipinski definition) is 8. The maximum atomic E-state index is 11.6. The van der Waals surface area contributed by atoms with Crippen LogP contribution in [0.1, 0.15) is 61.6 Å². The Morgan fingerprint density at radius 2 is 1.97 bits per heavy atom. The van der Waals surface area contributed by atoms with Crippen LogP contribution in [-0.4, -0.2) is 28.9 Å². The predicted molar refractivity (Wildman–Crippen MR) is 130 cm³/mol. The number of non-ortho nitro benzene ring substituents is 1. The van der Waals surface area contributed by atoms with Crippen LogP contribution in [0, 0.1) is 32.3 Å². The van der Waals surface area contributed by atoms with Gasteiger partial charge in [0.25, 0.3) is 5.69 Å². The second-order valence-corrected chi connectivity index (χ2v) is 10.2. The Kier molecular flexibility index (Phi) is 5.94. The van der Waals surface area contributed by atoms with E-state index in [1.807, 2.05) is 6.07 Å². The molecule has 2 fully saturated rings. The first-order valence-corrected chi connectivity index (χ1v) is 12.0. The van der Waals surface area contributed by atoms with E-state index < -0.39 is 4.92 Å². The number of methoxy groups -OCH3 is 1. The van der Waals surface area contributed by atoms with Crippen LogP contribution in [0.4, 0.5) is 5.69 Å². The molecule has 0 spiro atoms. The highest BCUT2D eigenvalue weighted by atomic mass is 16.6. The number of nitrogens with zero attached hydrogens (tertiary/aromatic N) is 3. The number of hydrogen-bond donors (Lipinski definition) is 1. The predicted octanol–water partition coefficient (Wildman–Crippen LogP) is 5.68. The summed E-state index contributed by atoms with van der Waals surface area (Å²) < 4.78 is 5.41. The molecule has 35 heavy (non-hydrogen) atoms. The number of ether oxygens (including phenoxy) is 1. The van der Waals surface area contributed by atoms with E-state index in [2.05, 4.69) is 17.3 Å². The number of phenolic OH excluding ortho intramolecular Hbond substituents is 1. The number of fused-ring (bicyclic) bond motifs is 5. The summed E-state index contributed by atoms with van der Waals surface area (Å²) in [6.07, 6.45) is 4.37. The molecule has 3 aliphatic rings. The van der Waals surface area contributed by atoms with E-state index in [0.29, 0.717) is 24.0 Å². The maximum Gasteiger partial charge on any atom is 0.269 e. The van der Waals surface area contributed by atoms with Crippen molar-refractivity contribution in [1.82, 2.24) is 0 Å². The van der Waals surface area contributed by atoms with Crippen molar-refractivity contribution in [3.8, 4) is 11.5 Å². The summed E-state index contributed by atoms with van der Waals surface area (Å²) in [5.41, 5.74) is 3.40. The fourth-order valence-electron chi connectivity index (χ4n) is 6.73. The highest BCUT2D eigenvalue weighted by molar-refractivity contribution is 6.03. The second-order valence-electron chi connectivity index (χ2n) is 10.2. The van der Waals surface area contributed by atoms with Gasteiger partial charge in [-0.25, -0.2) is 0 Å². The first kappa shape index (κ1) is 23.3. The van der Waals surface area contributed by atoms with Crippen LogP contribution in [-0.2, 0) is 11.4 Å². The summed E-state index contributed by atoms with van der Waals surface area (Å²) in [4.78, 5) is 27.7. The van der Waals surface area contributed by atoms with Gasteiger partial charge in [-0.15, -0.1) is 0 Å². The van der Waals surface area contributed by atoms with Crippen molar-refractivity contribution in [2.45, 2.75) is 57.6 Å². The molecule has 1 N–H and O–H groups in total. The molecule has 4 unspecified atom stereocenters. The van der Waals surface area contributed by atoms with Crippen LogP contribution in [0.5, 0.6) is 11.5 Å². The fourth-order valence-corrected chi connectivity index (χ4v) is 6.73. The number of benzene rings is 2. The SMILES string of the molecule is COc1cc2c(cc1O)C(=NOCc1ccc([N+](=O)[O-])cc1)CC1C2CC[C@]2(C)C(N=O)CCC12. The highest BCUT2D eigenvalue weighted by Gasteiger charge is 2.56. The summed E-state index contributed by atoms with van der Waals surface area (Å²) in [6.45, 7) is 2.38. The summed E-state index contributed by atoms with van der Waals surface area (Å²) in [6, 6.07) is 9.66. The number of nitro benzene ring substituents is 1. The van der Waals surface area contributed by atoms with E-state index in [1.165, 1.54) is 12.1 Å². The number of nitroso groups, excluding NO2 is 1. The zero-order valence-corrected chi connectivity index (χ0v) is 19.8. The molecule has 9 nitrogen and oxygen atoms in total. The first-order valence-electron chi connectivity index (χ1n) is 12.0. The second kappa shape index (κ2) is 8.94. The minimum atomic E-state index is -0.438. The molecule has 0 saturated heterocycles. The van der Waals surface area contributed by atoms with Crippen LogP contribution < -0.4 is 4.74 Å². The Bertz CT molecular complexity index is 1180. The van der Waals surface area contributed by atoms with Gasteiger partial charge in [-0.2, -0.15) is 4.91 Å². The van der Waals surface area contributed by atoms with Crippen LogP contribution in [0.3, 0.4) is 0 Å². The third-order valence-corrected chi connectivity index (χ3v) is 8.56. The number of nitro groups is 1. The zero-order valence-electron chi connectivity index (χ0n) is 19.8. The molecular weight excluding hydrogens is 450 g/mol. The molecule has 184 valence electrons. The molecule has 0 aromatic heterocycles. The number of aromatic hydroxyl groups is 1. The Hall–Kier alpha value is -3.49. The van der Waals surface area contributed by atoms with E-state index in [9.17, 15) is 20.1 Å². The van der Waals surface area contributed by atoms with Gasteiger partial charge >= 0.3 is 0 Å².